The average Bonchev–Trinajstić information content (AvgIpc) is 2.71. The molecule has 0 amide bonds. The van der Waals surface area contributed by atoms with Gasteiger partial charge in [0, 0.05) is 18.3 Å². The Labute approximate surface area is 174 Å². The summed E-state index contributed by atoms with van der Waals surface area (Å²) < 4.78 is 25.5. The number of methoxy groups -OCH3 is 1. The molecule has 2 aromatic carbocycles. The number of hydrogen-bond donors (Lipinski definition) is 1. The van der Waals surface area contributed by atoms with E-state index in [9.17, 15) is 14.3 Å². The third kappa shape index (κ3) is 5.58. The molecule has 0 saturated carbocycles. The Morgan fingerprint density at radius 1 is 1.00 bits per heavy atom. The molecular formula is C24H24FNO4. The summed E-state index contributed by atoms with van der Waals surface area (Å²) in [5.41, 5.74) is 1.02. The zero-order valence-electron chi connectivity index (χ0n) is 17.1. The minimum absolute atomic E-state index is 0.109. The van der Waals surface area contributed by atoms with Crippen molar-refractivity contribution >= 4 is 12.2 Å². The van der Waals surface area contributed by atoms with Gasteiger partial charge in [0.25, 0.3) is 5.56 Å². The fourth-order valence-electron chi connectivity index (χ4n) is 2.76. The SMILES string of the molecule is COc1cc(-n2ccc(C=Cc3ccc(F)cc3)cc2=O)ccc1OCC(C)(C)O. The molecule has 0 aliphatic heterocycles. The van der Waals surface area contributed by atoms with Gasteiger partial charge in [0.05, 0.1) is 18.4 Å². The summed E-state index contributed by atoms with van der Waals surface area (Å²) in [6.45, 7) is 3.41. The maximum absolute atomic E-state index is 13.0. The van der Waals surface area contributed by atoms with E-state index in [0.29, 0.717) is 17.2 Å². The van der Waals surface area contributed by atoms with Crippen molar-refractivity contribution in [1.82, 2.24) is 4.57 Å². The predicted octanol–water partition coefficient (Wildman–Crippen LogP) is 4.31. The Hall–Kier alpha value is -3.38. The molecule has 0 fully saturated rings. The molecule has 0 bridgehead atoms. The van der Waals surface area contributed by atoms with Crippen molar-refractivity contribution in [2.45, 2.75) is 19.4 Å². The minimum atomic E-state index is -0.974. The average molecular weight is 409 g/mol. The molecule has 1 N–H and O–H groups in total. The van der Waals surface area contributed by atoms with Crippen LogP contribution < -0.4 is 15.0 Å². The molecule has 0 atom stereocenters. The summed E-state index contributed by atoms with van der Waals surface area (Å²) in [6, 6.07) is 14.6. The van der Waals surface area contributed by atoms with Gasteiger partial charge in [-0.25, -0.2) is 4.39 Å². The lowest BCUT2D eigenvalue weighted by Crippen LogP contribution is -2.28. The smallest absolute Gasteiger partial charge is 0.255 e. The van der Waals surface area contributed by atoms with Crippen molar-refractivity contribution in [2.75, 3.05) is 13.7 Å². The van der Waals surface area contributed by atoms with Crippen molar-refractivity contribution in [3.8, 4) is 17.2 Å². The maximum atomic E-state index is 13.0. The highest BCUT2D eigenvalue weighted by Crippen LogP contribution is 2.30. The lowest BCUT2D eigenvalue weighted by molar-refractivity contribution is 0.0276. The Morgan fingerprint density at radius 2 is 1.70 bits per heavy atom. The quantitative estimate of drug-likeness (QED) is 0.632. The maximum Gasteiger partial charge on any atom is 0.255 e. The van der Waals surface area contributed by atoms with E-state index < -0.39 is 5.60 Å². The molecule has 30 heavy (non-hydrogen) atoms. The lowest BCUT2D eigenvalue weighted by Gasteiger charge is -2.19. The first kappa shape index (κ1) is 21.3. The first-order chi connectivity index (χ1) is 14.2. The van der Waals surface area contributed by atoms with Crippen molar-refractivity contribution in [1.29, 1.82) is 0 Å². The fourth-order valence-corrected chi connectivity index (χ4v) is 2.76. The molecular weight excluding hydrogens is 385 g/mol. The topological polar surface area (TPSA) is 60.7 Å². The zero-order valence-corrected chi connectivity index (χ0v) is 17.1. The van der Waals surface area contributed by atoms with Crippen LogP contribution in [0.25, 0.3) is 17.8 Å². The molecule has 1 aromatic heterocycles. The number of halogens is 1. The Morgan fingerprint density at radius 3 is 2.33 bits per heavy atom. The van der Waals surface area contributed by atoms with Crippen LogP contribution in [0.1, 0.15) is 25.0 Å². The van der Waals surface area contributed by atoms with Crippen molar-refractivity contribution in [3.05, 3.63) is 88.1 Å². The number of benzene rings is 2. The van der Waals surface area contributed by atoms with Crippen LogP contribution in [-0.4, -0.2) is 29.0 Å². The largest absolute Gasteiger partial charge is 0.493 e. The minimum Gasteiger partial charge on any atom is -0.493 e. The number of aromatic nitrogens is 1. The van der Waals surface area contributed by atoms with Crippen LogP contribution in [0.4, 0.5) is 4.39 Å². The van der Waals surface area contributed by atoms with Crippen LogP contribution in [-0.2, 0) is 0 Å². The van der Waals surface area contributed by atoms with Crippen LogP contribution in [0, 0.1) is 5.82 Å². The summed E-state index contributed by atoms with van der Waals surface area (Å²) >= 11 is 0. The van der Waals surface area contributed by atoms with Gasteiger partial charge in [-0.15, -0.1) is 0 Å². The standard InChI is InChI=1S/C24H24FNO4/c1-24(2,28)16-30-21-11-10-20(15-22(21)29-3)26-13-12-18(14-23(26)27)5-4-17-6-8-19(25)9-7-17/h4-15,28H,16H2,1-3H3. The molecule has 5 nitrogen and oxygen atoms in total. The monoisotopic (exact) mass is 409 g/mol. The van der Waals surface area contributed by atoms with E-state index in [1.165, 1.54) is 29.9 Å². The van der Waals surface area contributed by atoms with Gasteiger partial charge in [0.1, 0.15) is 12.4 Å². The molecule has 6 heteroatoms. The summed E-state index contributed by atoms with van der Waals surface area (Å²) in [5.74, 6) is 0.654. The highest BCUT2D eigenvalue weighted by atomic mass is 19.1. The van der Waals surface area contributed by atoms with Gasteiger partial charge in [0.2, 0.25) is 0 Å². The van der Waals surface area contributed by atoms with Gasteiger partial charge in [0.15, 0.2) is 11.5 Å². The lowest BCUT2D eigenvalue weighted by atomic mass is 10.1. The van der Waals surface area contributed by atoms with Gasteiger partial charge >= 0.3 is 0 Å². The van der Waals surface area contributed by atoms with E-state index >= 15 is 0 Å². The highest BCUT2D eigenvalue weighted by molar-refractivity contribution is 5.69. The van der Waals surface area contributed by atoms with Gasteiger partial charge in [-0.1, -0.05) is 24.3 Å². The molecule has 3 aromatic rings. The third-order valence-electron chi connectivity index (χ3n) is 4.29. The second-order valence-electron chi connectivity index (χ2n) is 7.49. The normalized spacial score (nSPS) is 11.6. The molecule has 1 heterocycles. The molecule has 0 spiro atoms. The molecule has 156 valence electrons. The Kier molecular flexibility index (Phi) is 6.37. The highest BCUT2D eigenvalue weighted by Gasteiger charge is 2.15. The zero-order chi connectivity index (χ0) is 21.7. The fraction of sp³-hybridized carbons (Fsp3) is 0.208. The Balaban J connectivity index is 1.82. The van der Waals surface area contributed by atoms with Crippen molar-refractivity contribution in [3.63, 3.8) is 0 Å². The first-order valence-corrected chi connectivity index (χ1v) is 9.45. The van der Waals surface area contributed by atoms with Crippen LogP contribution in [0.5, 0.6) is 11.5 Å². The number of nitrogens with zero attached hydrogens (tertiary/aromatic N) is 1. The van der Waals surface area contributed by atoms with E-state index in [4.69, 9.17) is 9.47 Å². The molecule has 0 radical (unpaired) electrons. The van der Waals surface area contributed by atoms with Crippen LogP contribution in [0.15, 0.2) is 65.6 Å². The summed E-state index contributed by atoms with van der Waals surface area (Å²) in [4.78, 5) is 12.6. The van der Waals surface area contributed by atoms with Crippen LogP contribution >= 0.6 is 0 Å². The third-order valence-corrected chi connectivity index (χ3v) is 4.29. The van der Waals surface area contributed by atoms with Gasteiger partial charge < -0.3 is 14.6 Å². The van der Waals surface area contributed by atoms with Gasteiger partial charge in [-0.2, -0.15) is 0 Å². The van der Waals surface area contributed by atoms with E-state index in [-0.39, 0.29) is 18.0 Å². The molecule has 0 aliphatic carbocycles. The van der Waals surface area contributed by atoms with E-state index in [1.807, 2.05) is 12.1 Å². The van der Waals surface area contributed by atoms with E-state index in [0.717, 1.165) is 11.1 Å². The van der Waals surface area contributed by atoms with Gasteiger partial charge in [-0.05, 0) is 55.3 Å². The van der Waals surface area contributed by atoms with E-state index in [1.54, 1.807) is 56.5 Å². The number of aliphatic hydroxyl groups is 1. The summed E-state index contributed by atoms with van der Waals surface area (Å²) in [7, 11) is 1.52. The number of hydrogen-bond acceptors (Lipinski definition) is 4. The summed E-state index contributed by atoms with van der Waals surface area (Å²) in [6.07, 6.45) is 5.29. The Bertz CT molecular complexity index is 1100. The molecule has 3 rings (SSSR count). The van der Waals surface area contributed by atoms with Gasteiger partial charge in [-0.3, -0.25) is 9.36 Å². The first-order valence-electron chi connectivity index (χ1n) is 9.45. The van der Waals surface area contributed by atoms with Crippen molar-refractivity contribution < 1.29 is 19.0 Å². The molecule has 0 aliphatic rings. The van der Waals surface area contributed by atoms with Crippen LogP contribution in [0.2, 0.25) is 0 Å². The predicted molar refractivity (Wildman–Crippen MR) is 116 cm³/mol. The summed E-state index contributed by atoms with van der Waals surface area (Å²) in [5, 5.41) is 9.83. The number of ether oxygens (including phenoxy) is 2. The second kappa shape index (κ2) is 8.97. The van der Waals surface area contributed by atoms with Crippen molar-refractivity contribution in [2.24, 2.45) is 0 Å². The van der Waals surface area contributed by atoms with Crippen LogP contribution in [0.3, 0.4) is 0 Å². The number of pyridine rings is 1. The number of rotatable bonds is 7. The second-order valence-corrected chi connectivity index (χ2v) is 7.49. The molecule has 0 saturated heterocycles. The van der Waals surface area contributed by atoms with E-state index in [2.05, 4.69) is 0 Å². The molecule has 0 unspecified atom stereocenters.